The molecule has 0 aromatic heterocycles. The number of benzene rings is 2. The Morgan fingerprint density at radius 2 is 1.48 bits per heavy atom. The van der Waals surface area contributed by atoms with Crippen LogP contribution in [0.2, 0.25) is 0 Å². The summed E-state index contributed by atoms with van der Waals surface area (Å²) in [7, 11) is 0. The van der Waals surface area contributed by atoms with Crippen molar-refractivity contribution >= 4 is 11.9 Å². The van der Waals surface area contributed by atoms with Crippen molar-refractivity contribution in [1.82, 2.24) is 4.90 Å². The van der Waals surface area contributed by atoms with Gasteiger partial charge in [-0.2, -0.15) is 0 Å². The molecule has 0 bridgehead atoms. The normalized spacial score (nSPS) is 16.4. The second-order valence-electron chi connectivity index (χ2n) is 6.46. The van der Waals surface area contributed by atoms with Crippen molar-refractivity contribution in [2.75, 3.05) is 13.1 Å². The maximum atomic E-state index is 12.4. The molecule has 5 nitrogen and oxygen atoms in total. The van der Waals surface area contributed by atoms with Gasteiger partial charge in [0.1, 0.15) is 0 Å². The largest absolute Gasteiger partial charge is 0.479 e. The zero-order chi connectivity index (χ0) is 17.9. The molecule has 2 aromatic carbocycles. The van der Waals surface area contributed by atoms with Crippen LogP contribution in [0.15, 0.2) is 54.6 Å². The molecule has 0 radical (unpaired) electrons. The van der Waals surface area contributed by atoms with Gasteiger partial charge in [-0.15, -0.1) is 0 Å². The van der Waals surface area contributed by atoms with Crippen molar-refractivity contribution in [2.24, 2.45) is 0 Å². The summed E-state index contributed by atoms with van der Waals surface area (Å²) in [6.45, 7) is 0.535. The number of amides is 1. The van der Waals surface area contributed by atoms with Crippen molar-refractivity contribution in [2.45, 2.75) is 24.9 Å². The van der Waals surface area contributed by atoms with E-state index in [4.69, 9.17) is 5.11 Å². The minimum atomic E-state index is -1.70. The van der Waals surface area contributed by atoms with Crippen LogP contribution in [0.4, 0.5) is 0 Å². The molecule has 1 heterocycles. The first kappa shape index (κ1) is 17.2. The van der Waals surface area contributed by atoms with Gasteiger partial charge >= 0.3 is 5.97 Å². The monoisotopic (exact) mass is 339 g/mol. The summed E-state index contributed by atoms with van der Waals surface area (Å²) in [5.74, 6) is -1.25. The van der Waals surface area contributed by atoms with E-state index in [9.17, 15) is 14.7 Å². The van der Waals surface area contributed by atoms with Gasteiger partial charge in [-0.05, 0) is 16.7 Å². The number of carboxylic acid groups (broad SMARTS) is 1. The molecular formula is C20H21NO4. The van der Waals surface area contributed by atoms with E-state index in [1.54, 1.807) is 4.90 Å². The Kier molecular flexibility index (Phi) is 4.86. The Morgan fingerprint density at radius 3 is 2.04 bits per heavy atom. The van der Waals surface area contributed by atoms with Gasteiger partial charge in [0.25, 0.3) is 0 Å². The second-order valence-corrected chi connectivity index (χ2v) is 6.46. The Labute approximate surface area is 146 Å². The van der Waals surface area contributed by atoms with E-state index in [-0.39, 0.29) is 38.3 Å². The zero-order valence-electron chi connectivity index (χ0n) is 13.9. The molecule has 5 heteroatoms. The summed E-state index contributed by atoms with van der Waals surface area (Å²) < 4.78 is 0. The van der Waals surface area contributed by atoms with E-state index in [0.29, 0.717) is 0 Å². The lowest BCUT2D eigenvalue weighted by atomic mass is 9.91. The van der Waals surface area contributed by atoms with Crippen LogP contribution in [0.5, 0.6) is 0 Å². The highest BCUT2D eigenvalue weighted by Crippen LogP contribution is 2.23. The second kappa shape index (κ2) is 7.07. The number of carbonyl (C=O) groups is 2. The number of hydrogen-bond donors (Lipinski definition) is 2. The Balaban J connectivity index is 1.60. The molecule has 0 unspecified atom stereocenters. The standard InChI is InChI=1S/C20H21NO4/c22-18(21-12-10-20(25,11-13-21)19(23)24)14-15-6-8-17(9-7-15)16-4-2-1-3-5-16/h1-9,25H,10-14H2,(H,23,24). The predicted molar refractivity (Wildman–Crippen MR) is 94.0 cm³/mol. The molecule has 130 valence electrons. The average Bonchev–Trinajstić information content (AvgIpc) is 2.63. The molecule has 3 rings (SSSR count). The van der Waals surface area contributed by atoms with Crippen molar-refractivity contribution in [3.05, 3.63) is 60.2 Å². The Bertz CT molecular complexity index is 747. The van der Waals surface area contributed by atoms with E-state index in [0.717, 1.165) is 16.7 Å². The quantitative estimate of drug-likeness (QED) is 0.896. The molecule has 0 saturated carbocycles. The third-order valence-electron chi connectivity index (χ3n) is 4.76. The zero-order valence-corrected chi connectivity index (χ0v) is 13.9. The smallest absolute Gasteiger partial charge is 0.335 e. The number of aliphatic hydroxyl groups is 1. The topological polar surface area (TPSA) is 77.8 Å². The SMILES string of the molecule is O=C(Cc1ccc(-c2ccccc2)cc1)N1CCC(O)(C(=O)O)CC1. The van der Waals surface area contributed by atoms with Crippen molar-refractivity contribution < 1.29 is 19.8 Å². The number of piperidine rings is 1. The average molecular weight is 339 g/mol. The van der Waals surface area contributed by atoms with Gasteiger partial charge in [0, 0.05) is 25.9 Å². The van der Waals surface area contributed by atoms with Crippen LogP contribution in [0.25, 0.3) is 11.1 Å². The summed E-state index contributed by atoms with van der Waals surface area (Å²) in [4.78, 5) is 25.1. The fourth-order valence-electron chi connectivity index (χ4n) is 3.07. The number of rotatable bonds is 4. The fraction of sp³-hybridized carbons (Fsp3) is 0.300. The number of aliphatic carboxylic acids is 1. The molecule has 25 heavy (non-hydrogen) atoms. The van der Waals surface area contributed by atoms with E-state index < -0.39 is 11.6 Å². The number of likely N-dealkylation sites (tertiary alicyclic amines) is 1. The van der Waals surface area contributed by atoms with Crippen molar-refractivity contribution in [1.29, 1.82) is 0 Å². The first-order valence-corrected chi connectivity index (χ1v) is 8.36. The van der Waals surface area contributed by atoms with Crippen LogP contribution in [0.1, 0.15) is 18.4 Å². The van der Waals surface area contributed by atoms with E-state index in [2.05, 4.69) is 0 Å². The molecule has 2 N–H and O–H groups in total. The number of carboxylic acids is 1. The highest BCUT2D eigenvalue weighted by Gasteiger charge is 2.40. The maximum absolute atomic E-state index is 12.4. The highest BCUT2D eigenvalue weighted by molar-refractivity contribution is 5.81. The number of carbonyl (C=O) groups excluding carboxylic acids is 1. The number of hydrogen-bond acceptors (Lipinski definition) is 3. The minimum Gasteiger partial charge on any atom is -0.479 e. The molecule has 1 aliphatic heterocycles. The first-order valence-electron chi connectivity index (χ1n) is 8.36. The van der Waals surface area contributed by atoms with Gasteiger partial charge < -0.3 is 15.1 Å². The van der Waals surface area contributed by atoms with E-state index in [1.165, 1.54) is 0 Å². The van der Waals surface area contributed by atoms with Gasteiger partial charge in [-0.25, -0.2) is 4.79 Å². The Hall–Kier alpha value is -2.66. The lowest BCUT2D eigenvalue weighted by Crippen LogP contribution is -2.51. The molecular weight excluding hydrogens is 318 g/mol. The van der Waals surface area contributed by atoms with Crippen LogP contribution < -0.4 is 0 Å². The molecule has 2 aromatic rings. The molecule has 1 amide bonds. The van der Waals surface area contributed by atoms with Gasteiger partial charge in [0.2, 0.25) is 5.91 Å². The third-order valence-corrected chi connectivity index (χ3v) is 4.76. The van der Waals surface area contributed by atoms with Crippen molar-refractivity contribution in [3.63, 3.8) is 0 Å². The predicted octanol–water partition coefficient (Wildman–Crippen LogP) is 2.33. The molecule has 1 aliphatic rings. The summed E-state index contributed by atoms with van der Waals surface area (Å²) >= 11 is 0. The summed E-state index contributed by atoms with van der Waals surface area (Å²) in [5, 5.41) is 19.0. The molecule has 0 aliphatic carbocycles. The molecule has 1 saturated heterocycles. The van der Waals surface area contributed by atoms with Crippen LogP contribution in [0, 0.1) is 0 Å². The van der Waals surface area contributed by atoms with E-state index >= 15 is 0 Å². The lowest BCUT2D eigenvalue weighted by molar-refractivity contribution is -0.165. The van der Waals surface area contributed by atoms with E-state index in [1.807, 2.05) is 54.6 Å². The summed E-state index contributed by atoms with van der Waals surface area (Å²) in [6.07, 6.45) is 0.419. The van der Waals surface area contributed by atoms with Gasteiger partial charge in [-0.1, -0.05) is 54.6 Å². The van der Waals surface area contributed by atoms with Crippen LogP contribution in [-0.2, 0) is 16.0 Å². The summed E-state index contributed by atoms with van der Waals surface area (Å²) in [5.41, 5.74) is 1.45. The van der Waals surface area contributed by atoms with Gasteiger partial charge in [0.15, 0.2) is 5.60 Å². The maximum Gasteiger partial charge on any atom is 0.335 e. The third kappa shape index (κ3) is 3.88. The van der Waals surface area contributed by atoms with Crippen LogP contribution in [0.3, 0.4) is 0 Å². The fourth-order valence-corrected chi connectivity index (χ4v) is 3.07. The summed E-state index contributed by atoms with van der Waals surface area (Å²) in [6, 6.07) is 17.9. The number of nitrogens with zero attached hydrogens (tertiary/aromatic N) is 1. The van der Waals surface area contributed by atoms with Crippen LogP contribution in [-0.4, -0.2) is 45.7 Å². The Morgan fingerprint density at radius 1 is 0.920 bits per heavy atom. The minimum absolute atomic E-state index is 0.0418. The highest BCUT2D eigenvalue weighted by atomic mass is 16.4. The van der Waals surface area contributed by atoms with Gasteiger partial charge in [-0.3, -0.25) is 4.79 Å². The van der Waals surface area contributed by atoms with Crippen LogP contribution >= 0.6 is 0 Å². The van der Waals surface area contributed by atoms with Crippen molar-refractivity contribution in [3.8, 4) is 11.1 Å². The molecule has 1 fully saturated rings. The van der Waals surface area contributed by atoms with Gasteiger partial charge in [0.05, 0.1) is 6.42 Å². The first-order chi connectivity index (χ1) is 12.0. The molecule has 0 atom stereocenters. The lowest BCUT2D eigenvalue weighted by Gasteiger charge is -2.35. The molecule has 0 spiro atoms.